The highest BCUT2D eigenvalue weighted by atomic mass is 32.2. The van der Waals surface area contributed by atoms with E-state index in [1.165, 1.54) is 11.9 Å². The van der Waals surface area contributed by atoms with E-state index in [4.69, 9.17) is 10.5 Å². The molecule has 1 rings (SSSR count). The molecule has 116 valence electrons. The van der Waals surface area contributed by atoms with Gasteiger partial charge in [-0.1, -0.05) is 11.9 Å². The number of likely N-dealkylation sites (tertiary alicyclic amines) is 1. The summed E-state index contributed by atoms with van der Waals surface area (Å²) in [7, 11) is 0. The van der Waals surface area contributed by atoms with Crippen LogP contribution in [0.2, 0.25) is 0 Å². The normalized spacial score (nSPS) is 17.1. The Bertz CT molecular complexity index is 336. The Morgan fingerprint density at radius 2 is 1.95 bits per heavy atom. The lowest BCUT2D eigenvalue weighted by molar-refractivity contribution is -0.123. The number of Topliss-reactive ketones (excluding diaryl/α,β-unsaturated/α-hetero) is 1. The molecular weight excluding hydrogens is 278 g/mol. The summed E-state index contributed by atoms with van der Waals surface area (Å²) in [6.45, 7) is 7.04. The van der Waals surface area contributed by atoms with E-state index in [1.807, 2.05) is 20.8 Å². The standard InChI is InChI=1S/C13H25N3O3S/c1-13(2,3)19-12(18)16-6-4-10(5-7-16)11(17)8-15-20-9-14/h10,15H,4-9,14H2,1-3H3. The second kappa shape index (κ2) is 7.85. The van der Waals surface area contributed by atoms with Gasteiger partial charge in [-0.3, -0.25) is 9.52 Å². The molecule has 0 saturated carbocycles. The fourth-order valence-electron chi connectivity index (χ4n) is 2.04. The molecule has 1 amide bonds. The Hall–Kier alpha value is -0.790. The van der Waals surface area contributed by atoms with Gasteiger partial charge in [-0.2, -0.15) is 0 Å². The van der Waals surface area contributed by atoms with Gasteiger partial charge in [0.25, 0.3) is 0 Å². The molecule has 7 heteroatoms. The van der Waals surface area contributed by atoms with Crippen LogP contribution in [0.25, 0.3) is 0 Å². The minimum Gasteiger partial charge on any atom is -0.444 e. The molecule has 0 atom stereocenters. The first-order valence-electron chi connectivity index (χ1n) is 6.89. The topological polar surface area (TPSA) is 84.7 Å². The number of carbonyl (C=O) groups excluding carboxylic acids is 2. The molecule has 1 heterocycles. The van der Waals surface area contributed by atoms with Crippen molar-refractivity contribution in [3.63, 3.8) is 0 Å². The highest BCUT2D eigenvalue weighted by Gasteiger charge is 2.29. The molecule has 1 saturated heterocycles. The smallest absolute Gasteiger partial charge is 0.410 e. The van der Waals surface area contributed by atoms with Crippen LogP contribution in [0.3, 0.4) is 0 Å². The van der Waals surface area contributed by atoms with Crippen molar-refractivity contribution in [3.8, 4) is 0 Å². The van der Waals surface area contributed by atoms with E-state index in [0.717, 1.165) is 0 Å². The van der Waals surface area contributed by atoms with Crippen LogP contribution in [0.1, 0.15) is 33.6 Å². The molecule has 0 unspecified atom stereocenters. The summed E-state index contributed by atoms with van der Waals surface area (Å²) in [5.74, 6) is 0.666. The quantitative estimate of drug-likeness (QED) is 0.453. The summed E-state index contributed by atoms with van der Waals surface area (Å²) in [6, 6.07) is 0. The van der Waals surface area contributed by atoms with Crippen molar-refractivity contribution in [2.45, 2.75) is 39.2 Å². The molecule has 3 N–H and O–H groups in total. The van der Waals surface area contributed by atoms with Crippen LogP contribution in [-0.2, 0) is 9.53 Å². The third-order valence-electron chi connectivity index (χ3n) is 3.03. The zero-order chi connectivity index (χ0) is 15.2. The molecule has 0 aromatic heterocycles. The van der Waals surface area contributed by atoms with Gasteiger partial charge in [0.15, 0.2) is 5.78 Å². The first kappa shape index (κ1) is 17.3. The lowest BCUT2D eigenvalue weighted by Crippen LogP contribution is -2.43. The highest BCUT2D eigenvalue weighted by molar-refractivity contribution is 7.97. The first-order valence-corrected chi connectivity index (χ1v) is 7.87. The van der Waals surface area contributed by atoms with Crippen LogP contribution in [-0.4, -0.2) is 47.9 Å². The fraction of sp³-hybridized carbons (Fsp3) is 0.846. The largest absolute Gasteiger partial charge is 0.444 e. The molecule has 0 radical (unpaired) electrons. The number of carbonyl (C=O) groups is 2. The van der Waals surface area contributed by atoms with Crippen LogP contribution >= 0.6 is 11.9 Å². The van der Waals surface area contributed by atoms with Crippen molar-refractivity contribution >= 4 is 23.8 Å². The maximum Gasteiger partial charge on any atom is 0.410 e. The summed E-state index contributed by atoms with van der Waals surface area (Å²) >= 11 is 1.33. The number of nitrogens with two attached hydrogens (primary N) is 1. The van der Waals surface area contributed by atoms with Gasteiger partial charge in [0.2, 0.25) is 0 Å². The van der Waals surface area contributed by atoms with Gasteiger partial charge in [-0.05, 0) is 33.6 Å². The van der Waals surface area contributed by atoms with Crippen molar-refractivity contribution in [1.29, 1.82) is 0 Å². The van der Waals surface area contributed by atoms with Crippen LogP contribution < -0.4 is 10.5 Å². The fourth-order valence-corrected chi connectivity index (χ4v) is 2.40. The predicted molar refractivity (Wildman–Crippen MR) is 80.2 cm³/mol. The third kappa shape index (κ3) is 6.11. The zero-order valence-electron chi connectivity index (χ0n) is 12.5. The summed E-state index contributed by atoms with van der Waals surface area (Å²) in [6.07, 6.45) is 1.11. The van der Waals surface area contributed by atoms with Crippen LogP contribution in [0.4, 0.5) is 4.79 Å². The number of hydrogen-bond acceptors (Lipinski definition) is 6. The number of ether oxygens (including phenoxy) is 1. The number of ketones is 1. The van der Waals surface area contributed by atoms with E-state index < -0.39 is 5.60 Å². The third-order valence-corrected chi connectivity index (χ3v) is 3.55. The first-order chi connectivity index (χ1) is 9.33. The van der Waals surface area contributed by atoms with Crippen LogP contribution in [0, 0.1) is 5.92 Å². The zero-order valence-corrected chi connectivity index (χ0v) is 13.3. The predicted octanol–water partition coefficient (Wildman–Crippen LogP) is 1.36. The Morgan fingerprint density at radius 3 is 2.45 bits per heavy atom. The average molecular weight is 303 g/mol. The van der Waals surface area contributed by atoms with Gasteiger partial charge in [-0.15, -0.1) is 0 Å². The van der Waals surface area contributed by atoms with Gasteiger partial charge >= 0.3 is 6.09 Å². The maximum atomic E-state index is 11.9. The Balaban J connectivity index is 2.32. The number of amides is 1. The van der Waals surface area contributed by atoms with Gasteiger partial charge in [-0.25, -0.2) is 4.79 Å². The van der Waals surface area contributed by atoms with Gasteiger partial charge in [0, 0.05) is 19.0 Å². The van der Waals surface area contributed by atoms with E-state index >= 15 is 0 Å². The molecule has 0 aromatic carbocycles. The number of rotatable bonds is 5. The molecule has 1 aliphatic rings. The summed E-state index contributed by atoms with van der Waals surface area (Å²) < 4.78 is 8.26. The molecule has 0 aromatic rings. The Labute approximate surface area is 124 Å². The van der Waals surface area contributed by atoms with Crippen molar-refractivity contribution in [1.82, 2.24) is 9.62 Å². The van der Waals surface area contributed by atoms with Gasteiger partial charge in [0.05, 0.1) is 12.4 Å². The average Bonchev–Trinajstić information content (AvgIpc) is 2.37. The van der Waals surface area contributed by atoms with Gasteiger partial charge < -0.3 is 15.4 Å². The Kier molecular flexibility index (Phi) is 6.78. The van der Waals surface area contributed by atoms with Gasteiger partial charge in [0.1, 0.15) is 5.60 Å². The maximum absolute atomic E-state index is 11.9. The molecule has 0 bridgehead atoms. The minimum atomic E-state index is -0.479. The highest BCUT2D eigenvalue weighted by Crippen LogP contribution is 2.20. The molecule has 6 nitrogen and oxygen atoms in total. The monoisotopic (exact) mass is 303 g/mol. The number of nitrogens with zero attached hydrogens (tertiary/aromatic N) is 1. The van der Waals surface area contributed by atoms with Crippen LogP contribution in [0.5, 0.6) is 0 Å². The number of nitrogens with one attached hydrogen (secondary N) is 1. The number of piperidine rings is 1. The SMILES string of the molecule is CC(C)(C)OC(=O)N1CCC(C(=O)CNSCN)CC1. The van der Waals surface area contributed by atoms with E-state index in [2.05, 4.69) is 4.72 Å². The van der Waals surface area contributed by atoms with Crippen molar-refractivity contribution in [2.75, 3.05) is 25.5 Å². The lowest BCUT2D eigenvalue weighted by atomic mass is 9.93. The van der Waals surface area contributed by atoms with E-state index in [-0.39, 0.29) is 17.8 Å². The number of hydrogen-bond donors (Lipinski definition) is 2. The minimum absolute atomic E-state index is 0.0274. The summed E-state index contributed by atoms with van der Waals surface area (Å²) in [5.41, 5.74) is 4.85. The van der Waals surface area contributed by atoms with Crippen LogP contribution in [0.15, 0.2) is 0 Å². The molecule has 1 aliphatic heterocycles. The Morgan fingerprint density at radius 1 is 1.35 bits per heavy atom. The van der Waals surface area contributed by atoms with E-state index in [1.54, 1.807) is 4.90 Å². The second-order valence-electron chi connectivity index (χ2n) is 5.84. The van der Waals surface area contributed by atoms with E-state index in [0.29, 0.717) is 38.4 Å². The van der Waals surface area contributed by atoms with E-state index in [9.17, 15) is 9.59 Å². The lowest BCUT2D eigenvalue weighted by Gasteiger charge is -2.32. The molecule has 1 fully saturated rings. The summed E-state index contributed by atoms with van der Waals surface area (Å²) in [5, 5.41) is 0. The van der Waals surface area contributed by atoms with Crippen molar-refractivity contribution in [3.05, 3.63) is 0 Å². The summed E-state index contributed by atoms with van der Waals surface area (Å²) in [4.78, 5) is 25.5. The second-order valence-corrected chi connectivity index (χ2v) is 6.75. The molecule has 0 spiro atoms. The van der Waals surface area contributed by atoms with Crippen molar-refractivity contribution < 1.29 is 14.3 Å². The molecular formula is C13H25N3O3S. The molecule has 20 heavy (non-hydrogen) atoms. The van der Waals surface area contributed by atoms with Crippen molar-refractivity contribution in [2.24, 2.45) is 11.7 Å². The molecule has 0 aliphatic carbocycles.